The van der Waals surface area contributed by atoms with Crippen LogP contribution in [0.2, 0.25) is 0 Å². The van der Waals surface area contributed by atoms with Crippen LogP contribution in [0, 0.1) is 5.92 Å². The molecular formula is C16H23N3O3. The molecule has 1 aliphatic heterocycles. The number of carbonyl (C=O) groups excluding carboxylic acids is 2. The summed E-state index contributed by atoms with van der Waals surface area (Å²) in [5, 5.41) is 5.31. The summed E-state index contributed by atoms with van der Waals surface area (Å²) in [6.07, 6.45) is 1.92. The Kier molecular flexibility index (Phi) is 5.38. The Morgan fingerprint density at radius 2 is 2.14 bits per heavy atom. The van der Waals surface area contributed by atoms with Gasteiger partial charge in [0.15, 0.2) is 0 Å². The van der Waals surface area contributed by atoms with Crippen molar-refractivity contribution in [2.45, 2.75) is 32.7 Å². The molecule has 1 aliphatic rings. The minimum Gasteiger partial charge on any atom is -0.493 e. The van der Waals surface area contributed by atoms with Crippen LogP contribution in [-0.4, -0.2) is 31.0 Å². The van der Waals surface area contributed by atoms with Crippen LogP contribution in [0.15, 0.2) is 18.2 Å². The molecule has 6 nitrogen and oxygen atoms in total. The summed E-state index contributed by atoms with van der Waals surface area (Å²) < 4.78 is 5.53. The van der Waals surface area contributed by atoms with Gasteiger partial charge in [0.2, 0.25) is 11.8 Å². The molecule has 6 heteroatoms. The van der Waals surface area contributed by atoms with Crippen LogP contribution >= 0.6 is 0 Å². The number of aryl methyl sites for hydroxylation is 1. The summed E-state index contributed by atoms with van der Waals surface area (Å²) in [5.74, 6) is 0.314. The molecule has 1 atom stereocenters. The van der Waals surface area contributed by atoms with E-state index in [2.05, 4.69) is 10.6 Å². The predicted molar refractivity (Wildman–Crippen MR) is 84.7 cm³/mol. The lowest BCUT2D eigenvalue weighted by Gasteiger charge is -2.18. The number of hydrogen-bond acceptors (Lipinski definition) is 4. The summed E-state index contributed by atoms with van der Waals surface area (Å²) in [4.78, 5) is 23.6. The summed E-state index contributed by atoms with van der Waals surface area (Å²) >= 11 is 0. The van der Waals surface area contributed by atoms with E-state index in [1.807, 2.05) is 26.0 Å². The quantitative estimate of drug-likeness (QED) is 0.758. The molecule has 1 heterocycles. The van der Waals surface area contributed by atoms with Crippen LogP contribution in [0.4, 0.5) is 5.69 Å². The van der Waals surface area contributed by atoms with Gasteiger partial charge in [-0.25, -0.2) is 0 Å². The Hall–Kier alpha value is -2.08. The zero-order valence-electron chi connectivity index (χ0n) is 13.0. The first-order valence-corrected chi connectivity index (χ1v) is 7.56. The first-order valence-electron chi connectivity index (χ1n) is 7.56. The number of carbonyl (C=O) groups is 2. The van der Waals surface area contributed by atoms with Crippen molar-refractivity contribution in [3.05, 3.63) is 23.8 Å². The van der Waals surface area contributed by atoms with E-state index in [-0.39, 0.29) is 24.3 Å². The maximum Gasteiger partial charge on any atom is 0.243 e. The van der Waals surface area contributed by atoms with Gasteiger partial charge in [0.1, 0.15) is 5.75 Å². The van der Waals surface area contributed by atoms with E-state index in [1.165, 1.54) is 0 Å². The molecule has 0 fully saturated rings. The van der Waals surface area contributed by atoms with Gasteiger partial charge in [-0.05, 0) is 42.5 Å². The summed E-state index contributed by atoms with van der Waals surface area (Å²) in [6.45, 7) is 4.37. The van der Waals surface area contributed by atoms with Gasteiger partial charge in [0, 0.05) is 5.69 Å². The molecule has 0 radical (unpaired) electrons. The summed E-state index contributed by atoms with van der Waals surface area (Å²) in [6, 6.07) is 4.96. The largest absolute Gasteiger partial charge is 0.493 e. The van der Waals surface area contributed by atoms with Crippen molar-refractivity contribution in [1.29, 1.82) is 0 Å². The zero-order valence-corrected chi connectivity index (χ0v) is 13.0. The lowest BCUT2D eigenvalue weighted by Crippen LogP contribution is -2.46. The second kappa shape index (κ2) is 7.26. The van der Waals surface area contributed by atoms with Crippen LogP contribution in [-0.2, 0) is 16.0 Å². The topological polar surface area (TPSA) is 93.5 Å². The third-order valence-corrected chi connectivity index (χ3v) is 3.64. The van der Waals surface area contributed by atoms with Crippen molar-refractivity contribution in [2.24, 2.45) is 11.7 Å². The van der Waals surface area contributed by atoms with E-state index in [0.717, 1.165) is 30.8 Å². The van der Waals surface area contributed by atoms with E-state index in [1.54, 1.807) is 6.07 Å². The molecule has 0 saturated heterocycles. The molecule has 0 saturated carbocycles. The minimum atomic E-state index is -0.603. The Morgan fingerprint density at radius 3 is 2.86 bits per heavy atom. The number of amides is 2. The maximum atomic E-state index is 11.9. The molecule has 22 heavy (non-hydrogen) atoms. The molecule has 0 unspecified atom stereocenters. The van der Waals surface area contributed by atoms with E-state index >= 15 is 0 Å². The van der Waals surface area contributed by atoms with Crippen LogP contribution in [0.25, 0.3) is 0 Å². The predicted octanol–water partition coefficient (Wildman–Crippen LogP) is 1.05. The van der Waals surface area contributed by atoms with Crippen molar-refractivity contribution in [2.75, 3.05) is 18.5 Å². The van der Waals surface area contributed by atoms with Crippen molar-refractivity contribution < 1.29 is 14.3 Å². The van der Waals surface area contributed by atoms with Crippen molar-refractivity contribution in [3.63, 3.8) is 0 Å². The number of rotatable bonds is 5. The molecule has 0 aliphatic carbocycles. The fraction of sp³-hybridized carbons (Fsp3) is 0.500. The zero-order chi connectivity index (χ0) is 16.1. The number of nitrogens with two attached hydrogens (primary N) is 1. The monoisotopic (exact) mass is 305 g/mol. The van der Waals surface area contributed by atoms with E-state index in [4.69, 9.17) is 10.5 Å². The van der Waals surface area contributed by atoms with Gasteiger partial charge in [-0.3, -0.25) is 9.59 Å². The van der Waals surface area contributed by atoms with Gasteiger partial charge in [0.05, 0.1) is 19.2 Å². The third kappa shape index (κ3) is 4.21. The number of nitrogens with one attached hydrogen (secondary N) is 2. The fourth-order valence-corrected chi connectivity index (χ4v) is 2.23. The van der Waals surface area contributed by atoms with Crippen molar-refractivity contribution >= 4 is 17.5 Å². The molecule has 0 aromatic heterocycles. The van der Waals surface area contributed by atoms with Crippen LogP contribution in [0.1, 0.15) is 25.8 Å². The number of hydrogen-bond donors (Lipinski definition) is 3. The van der Waals surface area contributed by atoms with Gasteiger partial charge < -0.3 is 21.1 Å². The minimum absolute atomic E-state index is 0.0312. The highest BCUT2D eigenvalue weighted by Gasteiger charge is 2.18. The number of benzene rings is 1. The first-order chi connectivity index (χ1) is 10.5. The number of fused-ring (bicyclic) bond motifs is 1. The first kappa shape index (κ1) is 16.3. The van der Waals surface area contributed by atoms with E-state index in [9.17, 15) is 9.59 Å². The van der Waals surface area contributed by atoms with Crippen LogP contribution in [0.3, 0.4) is 0 Å². The highest BCUT2D eigenvalue weighted by Crippen LogP contribution is 2.27. The molecule has 4 N–H and O–H groups in total. The molecule has 0 spiro atoms. The SMILES string of the molecule is CC(C)[C@H](N)C(=O)NCC(=O)Nc1ccc2c(c1)CCCO2. The summed E-state index contributed by atoms with van der Waals surface area (Å²) in [5.41, 5.74) is 7.52. The maximum absolute atomic E-state index is 11.9. The molecule has 1 aromatic rings. The molecule has 0 bridgehead atoms. The van der Waals surface area contributed by atoms with Gasteiger partial charge in [-0.2, -0.15) is 0 Å². The normalized spacial score (nSPS) is 14.7. The van der Waals surface area contributed by atoms with Crippen LogP contribution in [0.5, 0.6) is 5.75 Å². The lowest BCUT2D eigenvalue weighted by molar-refractivity contribution is -0.125. The van der Waals surface area contributed by atoms with Crippen LogP contribution < -0.4 is 21.1 Å². The average molecular weight is 305 g/mol. The Balaban J connectivity index is 1.86. The standard InChI is InChI=1S/C16H23N3O3/c1-10(2)15(17)16(21)18-9-14(20)19-12-5-6-13-11(8-12)4-3-7-22-13/h5-6,8,10,15H,3-4,7,9,17H2,1-2H3,(H,18,21)(H,19,20)/t15-/m0/s1. The Bertz CT molecular complexity index is 558. The van der Waals surface area contributed by atoms with Gasteiger partial charge in [0.25, 0.3) is 0 Å². The molecular weight excluding hydrogens is 282 g/mol. The average Bonchev–Trinajstić information content (AvgIpc) is 2.51. The molecule has 2 amide bonds. The smallest absolute Gasteiger partial charge is 0.243 e. The number of anilines is 1. The van der Waals surface area contributed by atoms with Gasteiger partial charge >= 0.3 is 0 Å². The number of ether oxygens (including phenoxy) is 1. The molecule has 120 valence electrons. The second-order valence-corrected chi connectivity index (χ2v) is 5.81. The van der Waals surface area contributed by atoms with Crippen molar-refractivity contribution in [3.8, 4) is 5.75 Å². The third-order valence-electron chi connectivity index (χ3n) is 3.64. The van der Waals surface area contributed by atoms with E-state index < -0.39 is 6.04 Å². The fourth-order valence-electron chi connectivity index (χ4n) is 2.23. The Labute approximate surface area is 130 Å². The van der Waals surface area contributed by atoms with Gasteiger partial charge in [-0.1, -0.05) is 13.8 Å². The highest BCUT2D eigenvalue weighted by molar-refractivity contribution is 5.95. The lowest BCUT2D eigenvalue weighted by atomic mass is 10.1. The summed E-state index contributed by atoms with van der Waals surface area (Å²) in [7, 11) is 0. The second-order valence-electron chi connectivity index (χ2n) is 5.81. The van der Waals surface area contributed by atoms with Crippen molar-refractivity contribution in [1.82, 2.24) is 5.32 Å². The van der Waals surface area contributed by atoms with E-state index in [0.29, 0.717) is 5.69 Å². The molecule has 1 aromatic carbocycles. The highest BCUT2D eigenvalue weighted by atomic mass is 16.5. The van der Waals surface area contributed by atoms with Gasteiger partial charge in [-0.15, -0.1) is 0 Å². The Morgan fingerprint density at radius 1 is 1.36 bits per heavy atom. The molecule has 2 rings (SSSR count).